The number of rotatable bonds is 16. The van der Waals surface area contributed by atoms with Gasteiger partial charge in [0.25, 0.3) is 6.47 Å². The first-order valence-corrected chi connectivity index (χ1v) is 22.5. The highest BCUT2D eigenvalue weighted by atomic mass is 32.3. The number of carbonyl (C=O) groups is 2. The molecule has 5 heterocycles. The summed E-state index contributed by atoms with van der Waals surface area (Å²) in [6.07, 6.45) is -16.6. The van der Waals surface area contributed by atoms with E-state index < -0.39 is 145 Å². The molecule has 360 valence electrons. The van der Waals surface area contributed by atoms with Gasteiger partial charge in [-0.15, -0.1) is 0 Å². The number of carboxylic acids is 1. The average molecular weight is 934 g/mol. The highest BCUT2D eigenvalue weighted by Crippen LogP contribution is 2.42. The SMILES string of the molecule is CC1[C@H](O[C@@H]2CC(N=[N+]=[N-])[C@H](O[C@H]3C(OC=O)O[C@@H](O[C@H]4C(C)O[C@@H](C)C(N=[N+]=[N-])[C@H]4C)C(OS(=O)(=O)O)[C@H]3C)OC2C)OC(C(=O)O)[C@H](O[C@@H]2OC(C)[C@H](C)[C@H](C)C2N=[N+]=[N-])[C@@H]1C. The molecule has 0 spiro atoms. The molecule has 0 amide bonds. The summed E-state index contributed by atoms with van der Waals surface area (Å²) in [5.41, 5.74) is 28.1. The molecule has 5 aliphatic rings. The van der Waals surface area contributed by atoms with Crippen molar-refractivity contribution in [1.29, 1.82) is 0 Å². The molecular formula is C37H59N9O17S. The summed E-state index contributed by atoms with van der Waals surface area (Å²) in [6, 6.07) is -2.58. The quantitative estimate of drug-likeness (QED) is 0.0681. The Hall–Kier alpha value is -3.62. The third-order valence-electron chi connectivity index (χ3n) is 13.4. The second-order valence-electron chi connectivity index (χ2n) is 17.4. The van der Waals surface area contributed by atoms with Crippen molar-refractivity contribution in [3.05, 3.63) is 31.3 Å². The fourth-order valence-corrected chi connectivity index (χ4v) is 9.77. The van der Waals surface area contributed by atoms with E-state index in [9.17, 15) is 38.7 Å². The molecule has 0 aliphatic carbocycles. The van der Waals surface area contributed by atoms with E-state index in [4.69, 9.17) is 57.1 Å². The smallest absolute Gasteiger partial charge is 0.397 e. The molecule has 26 nitrogen and oxygen atoms in total. The van der Waals surface area contributed by atoms with Crippen molar-refractivity contribution in [2.24, 2.45) is 50.9 Å². The Bertz CT molecular complexity index is 1890. The lowest BCUT2D eigenvalue weighted by Crippen LogP contribution is -2.62. The van der Waals surface area contributed by atoms with E-state index in [1.54, 1.807) is 41.5 Å². The Morgan fingerprint density at radius 3 is 1.81 bits per heavy atom. The molecule has 5 saturated heterocycles. The Morgan fingerprint density at radius 1 is 0.594 bits per heavy atom. The topological polar surface area (TPSA) is 357 Å². The Balaban J connectivity index is 1.33. The van der Waals surface area contributed by atoms with Crippen LogP contribution in [0.25, 0.3) is 31.3 Å². The third kappa shape index (κ3) is 11.5. The zero-order valence-electron chi connectivity index (χ0n) is 37.1. The van der Waals surface area contributed by atoms with Crippen molar-refractivity contribution in [3.63, 3.8) is 0 Å². The van der Waals surface area contributed by atoms with Gasteiger partial charge in [-0.1, -0.05) is 56.9 Å². The molecule has 5 aliphatic heterocycles. The summed E-state index contributed by atoms with van der Waals surface area (Å²) >= 11 is 0. The number of nitrogens with zero attached hydrogens (tertiary/aromatic N) is 9. The number of azide groups is 3. The minimum atomic E-state index is -5.18. The fourth-order valence-electron chi connectivity index (χ4n) is 9.22. The van der Waals surface area contributed by atoms with E-state index in [2.05, 4.69) is 30.1 Å². The van der Waals surface area contributed by atoms with Crippen LogP contribution in [-0.2, 0) is 71.5 Å². The number of ether oxygens (including phenoxy) is 10. The number of hydrogen-bond donors (Lipinski definition) is 2. The standard InChI is InChI=1S/C37H59N9O17S/c1-13-14(2)26(43-46-40)35(55-19(13)7)59-28-15(3)16(4)33(61-31(28)32(48)49)57-24-11-23(41-44-38)34(56-20(24)8)60-29-18(6)30(63-64(50,51)52)37(62-36(29)53-12-47)58-27-17(5)25(42-45-39)21(9)54-22(27)10/h12-31,33-37H,11H2,1-10H3,(H,48,49)(H,50,51,52)/t13-,14+,15-,16?,17-,18+,19?,20?,21+,22?,23?,24-,25?,26?,27-,28-,29-,30?,31?,33-,34+,35+,36?,37-/m1/s1. The predicted molar refractivity (Wildman–Crippen MR) is 215 cm³/mol. The number of carbonyl (C=O) groups excluding carboxylic acids is 1. The second kappa shape index (κ2) is 21.8. The summed E-state index contributed by atoms with van der Waals surface area (Å²) in [7, 11) is -5.18. The van der Waals surface area contributed by atoms with Crippen molar-refractivity contribution in [1.82, 2.24) is 0 Å². The first kappa shape index (κ1) is 51.4. The molecule has 0 aromatic heterocycles. The molecule has 5 rings (SSSR count). The summed E-state index contributed by atoms with van der Waals surface area (Å²) in [4.78, 5) is 33.3. The molecule has 2 N–H and O–H groups in total. The lowest BCUT2D eigenvalue weighted by Gasteiger charge is -2.49. The molecule has 24 atom stereocenters. The van der Waals surface area contributed by atoms with Crippen LogP contribution in [0.2, 0.25) is 0 Å². The first-order valence-electron chi connectivity index (χ1n) is 21.1. The molecular weight excluding hydrogens is 875 g/mol. The highest BCUT2D eigenvalue weighted by molar-refractivity contribution is 7.80. The monoisotopic (exact) mass is 933 g/mol. The number of aliphatic carboxylic acids is 1. The van der Waals surface area contributed by atoms with E-state index in [1.165, 1.54) is 6.92 Å². The van der Waals surface area contributed by atoms with Gasteiger partial charge >= 0.3 is 16.4 Å². The zero-order valence-corrected chi connectivity index (χ0v) is 37.9. The van der Waals surface area contributed by atoms with Crippen LogP contribution in [0.15, 0.2) is 15.3 Å². The lowest BCUT2D eigenvalue weighted by atomic mass is 9.82. The van der Waals surface area contributed by atoms with Gasteiger partial charge in [-0.25, -0.2) is 8.98 Å². The predicted octanol–water partition coefficient (Wildman–Crippen LogP) is 4.92. The van der Waals surface area contributed by atoms with Gasteiger partial charge in [0.2, 0.25) is 6.29 Å². The highest BCUT2D eigenvalue weighted by Gasteiger charge is 2.55. The normalized spacial score (nSPS) is 46.3. The molecule has 0 radical (unpaired) electrons. The van der Waals surface area contributed by atoms with Crippen molar-refractivity contribution in [2.45, 2.75) is 186 Å². The van der Waals surface area contributed by atoms with Crippen LogP contribution >= 0.6 is 0 Å². The van der Waals surface area contributed by atoms with Crippen molar-refractivity contribution < 1.29 is 79.2 Å². The van der Waals surface area contributed by atoms with Gasteiger partial charge in [0.15, 0.2) is 31.3 Å². The van der Waals surface area contributed by atoms with Crippen LogP contribution in [0, 0.1) is 35.5 Å². The van der Waals surface area contributed by atoms with Gasteiger partial charge in [-0.3, -0.25) is 9.35 Å². The summed E-state index contributed by atoms with van der Waals surface area (Å²) in [5, 5.41) is 22.0. The van der Waals surface area contributed by atoms with E-state index in [0.717, 1.165) is 0 Å². The molecule has 0 aromatic carbocycles. The minimum absolute atomic E-state index is 0.0238. The molecule has 10 unspecified atom stereocenters. The third-order valence-corrected chi connectivity index (χ3v) is 13.9. The maximum atomic E-state index is 12.7. The first-order chi connectivity index (χ1) is 30.1. The van der Waals surface area contributed by atoms with Crippen LogP contribution in [0.1, 0.15) is 75.7 Å². The molecule has 5 fully saturated rings. The van der Waals surface area contributed by atoms with E-state index in [1.807, 2.05) is 20.8 Å². The zero-order chi connectivity index (χ0) is 47.4. The second-order valence-corrected chi connectivity index (χ2v) is 18.4. The summed E-state index contributed by atoms with van der Waals surface area (Å²) in [5.74, 6) is -4.09. The van der Waals surface area contributed by atoms with Crippen molar-refractivity contribution in [3.8, 4) is 0 Å². The Labute approximate surface area is 369 Å². The van der Waals surface area contributed by atoms with E-state index in [0.29, 0.717) is 0 Å². The van der Waals surface area contributed by atoms with Crippen LogP contribution in [-0.4, -0.2) is 141 Å². The van der Waals surface area contributed by atoms with Crippen molar-refractivity contribution >= 4 is 22.8 Å². The van der Waals surface area contributed by atoms with Gasteiger partial charge < -0.3 is 52.5 Å². The molecule has 0 saturated carbocycles. The Morgan fingerprint density at radius 2 is 1.20 bits per heavy atom. The van der Waals surface area contributed by atoms with Crippen LogP contribution in [0.5, 0.6) is 0 Å². The molecule has 0 aromatic rings. The van der Waals surface area contributed by atoms with Crippen LogP contribution < -0.4 is 0 Å². The minimum Gasteiger partial charge on any atom is -0.479 e. The molecule has 64 heavy (non-hydrogen) atoms. The van der Waals surface area contributed by atoms with Gasteiger partial charge in [0.1, 0.15) is 18.3 Å². The summed E-state index contributed by atoms with van der Waals surface area (Å²) in [6.45, 7) is 17.6. The van der Waals surface area contributed by atoms with Crippen LogP contribution in [0.3, 0.4) is 0 Å². The fraction of sp³-hybridized carbons (Fsp3) is 0.946. The average Bonchev–Trinajstić information content (AvgIpc) is 3.22. The largest absolute Gasteiger partial charge is 0.479 e. The number of carboxylic acid groups (broad SMARTS) is 1. The maximum Gasteiger partial charge on any atom is 0.397 e. The Kier molecular flexibility index (Phi) is 17.5. The van der Waals surface area contributed by atoms with Gasteiger partial charge in [0.05, 0.1) is 54.7 Å². The van der Waals surface area contributed by atoms with Gasteiger partial charge in [-0.2, -0.15) is 8.42 Å². The maximum absolute atomic E-state index is 12.7. The lowest BCUT2D eigenvalue weighted by molar-refractivity contribution is -0.373. The van der Waals surface area contributed by atoms with E-state index >= 15 is 0 Å². The van der Waals surface area contributed by atoms with Crippen molar-refractivity contribution in [2.75, 3.05) is 0 Å². The van der Waals surface area contributed by atoms with Gasteiger partial charge in [-0.05, 0) is 74.4 Å². The molecule has 0 bridgehead atoms. The van der Waals surface area contributed by atoms with Gasteiger partial charge in [0, 0.05) is 26.6 Å². The van der Waals surface area contributed by atoms with E-state index in [-0.39, 0.29) is 30.8 Å². The number of hydrogen-bond acceptors (Lipinski definition) is 18. The molecule has 27 heteroatoms. The van der Waals surface area contributed by atoms with Crippen LogP contribution in [0.4, 0.5) is 0 Å². The summed E-state index contributed by atoms with van der Waals surface area (Å²) < 4.78 is 100.